The first-order valence-electron chi connectivity index (χ1n) is 18.8. The molecule has 1 aliphatic rings. The van der Waals surface area contributed by atoms with E-state index in [1.54, 1.807) is 0 Å². The van der Waals surface area contributed by atoms with E-state index in [2.05, 4.69) is 158 Å². The fraction of sp³-hybridized carbons (Fsp3) is 0.0588. The molecule has 0 atom stereocenters. The van der Waals surface area contributed by atoms with E-state index in [1.165, 1.54) is 27.6 Å². The second-order valence-electron chi connectivity index (χ2n) is 15.2. The molecule has 0 bridgehead atoms. The molecule has 0 aliphatic heterocycles. The van der Waals surface area contributed by atoms with Crippen LogP contribution in [0.5, 0.6) is 0 Å². The van der Waals surface area contributed by atoms with E-state index in [0.717, 1.165) is 88.6 Å². The van der Waals surface area contributed by atoms with Gasteiger partial charge in [0.15, 0.2) is 0 Å². The molecule has 4 nitrogen and oxygen atoms in total. The molecule has 3 aromatic heterocycles. The maximum Gasteiger partial charge on any atom is 0.143 e. The highest BCUT2D eigenvalue weighted by molar-refractivity contribution is 6.18. The lowest BCUT2D eigenvalue weighted by Crippen LogP contribution is -2.15. The molecule has 0 saturated carbocycles. The number of hydrogen-bond acceptors (Lipinski definition) is 4. The monoisotopic (exact) mass is 707 g/mol. The molecular formula is C51H33NO3. The summed E-state index contributed by atoms with van der Waals surface area (Å²) in [5, 5.41) is 6.64. The Hall–Kier alpha value is -7.04. The Labute approximate surface area is 316 Å². The third-order valence-corrected chi connectivity index (χ3v) is 11.9. The van der Waals surface area contributed by atoms with E-state index in [-0.39, 0.29) is 5.41 Å². The van der Waals surface area contributed by atoms with Crippen molar-refractivity contribution in [2.45, 2.75) is 19.3 Å². The maximum absolute atomic E-state index is 6.80. The molecule has 8 aromatic carbocycles. The van der Waals surface area contributed by atoms with Gasteiger partial charge in [-0.25, -0.2) is 0 Å². The zero-order valence-corrected chi connectivity index (χ0v) is 30.3. The average molecular weight is 708 g/mol. The quantitative estimate of drug-likeness (QED) is 0.183. The van der Waals surface area contributed by atoms with Crippen molar-refractivity contribution in [1.29, 1.82) is 0 Å². The molecule has 55 heavy (non-hydrogen) atoms. The topological polar surface area (TPSA) is 42.7 Å². The number of benzene rings is 8. The molecule has 0 fully saturated rings. The number of furan rings is 3. The lowest BCUT2D eigenvalue weighted by molar-refractivity contribution is 0.657. The van der Waals surface area contributed by atoms with E-state index < -0.39 is 0 Å². The Morgan fingerprint density at radius 1 is 0.400 bits per heavy atom. The molecule has 0 saturated heterocycles. The Bertz CT molecular complexity index is 3240. The van der Waals surface area contributed by atoms with Gasteiger partial charge < -0.3 is 18.2 Å². The van der Waals surface area contributed by atoms with Crippen LogP contribution in [0.3, 0.4) is 0 Å². The van der Waals surface area contributed by atoms with Crippen LogP contribution >= 0.6 is 0 Å². The molecule has 0 unspecified atom stereocenters. The first-order valence-corrected chi connectivity index (χ1v) is 18.8. The predicted octanol–water partition coefficient (Wildman–Crippen LogP) is 14.8. The Morgan fingerprint density at radius 3 is 1.64 bits per heavy atom. The van der Waals surface area contributed by atoms with Crippen molar-refractivity contribution in [2.24, 2.45) is 0 Å². The average Bonchev–Trinajstić information content (AvgIpc) is 3.97. The fourth-order valence-corrected chi connectivity index (χ4v) is 9.47. The first kappa shape index (κ1) is 30.4. The molecule has 260 valence electrons. The van der Waals surface area contributed by atoms with Gasteiger partial charge in [-0.3, -0.25) is 0 Å². The van der Waals surface area contributed by atoms with Crippen LogP contribution in [0, 0.1) is 0 Å². The molecule has 1 aliphatic carbocycles. The van der Waals surface area contributed by atoms with Crippen molar-refractivity contribution in [1.82, 2.24) is 0 Å². The van der Waals surface area contributed by atoms with Crippen LogP contribution < -0.4 is 4.90 Å². The minimum atomic E-state index is -0.143. The van der Waals surface area contributed by atoms with E-state index in [1.807, 2.05) is 24.3 Å². The summed E-state index contributed by atoms with van der Waals surface area (Å²) in [4.78, 5) is 2.35. The van der Waals surface area contributed by atoms with Crippen LogP contribution in [0.2, 0.25) is 0 Å². The van der Waals surface area contributed by atoms with Crippen molar-refractivity contribution < 1.29 is 13.3 Å². The second kappa shape index (κ2) is 11.0. The number of nitrogens with zero attached hydrogens (tertiary/aromatic N) is 1. The molecule has 3 heterocycles. The summed E-state index contributed by atoms with van der Waals surface area (Å²) in [5.74, 6) is 0. The lowest BCUT2D eigenvalue weighted by Gasteiger charge is -2.27. The largest absolute Gasteiger partial charge is 0.456 e. The van der Waals surface area contributed by atoms with Crippen molar-refractivity contribution in [3.63, 3.8) is 0 Å². The number of anilines is 3. The number of hydrogen-bond donors (Lipinski definition) is 0. The van der Waals surface area contributed by atoms with Gasteiger partial charge in [0, 0.05) is 38.2 Å². The highest BCUT2D eigenvalue weighted by atomic mass is 16.3. The highest BCUT2D eigenvalue weighted by Crippen LogP contribution is 2.54. The third kappa shape index (κ3) is 4.17. The molecule has 0 amide bonds. The van der Waals surface area contributed by atoms with E-state index in [0.29, 0.717) is 0 Å². The van der Waals surface area contributed by atoms with E-state index in [9.17, 15) is 0 Å². The van der Waals surface area contributed by atoms with Crippen molar-refractivity contribution >= 4 is 82.9 Å². The zero-order valence-electron chi connectivity index (χ0n) is 30.3. The summed E-state index contributed by atoms with van der Waals surface area (Å²) in [6, 6.07) is 57.8. The molecule has 4 heteroatoms. The number of fused-ring (bicyclic) bond motifs is 13. The van der Waals surface area contributed by atoms with Gasteiger partial charge in [0.05, 0.1) is 22.1 Å². The van der Waals surface area contributed by atoms with Gasteiger partial charge in [0.1, 0.15) is 33.5 Å². The minimum Gasteiger partial charge on any atom is -0.456 e. The predicted molar refractivity (Wildman–Crippen MR) is 226 cm³/mol. The number of rotatable bonds is 4. The van der Waals surface area contributed by atoms with Crippen molar-refractivity contribution in [2.75, 3.05) is 4.90 Å². The summed E-state index contributed by atoms with van der Waals surface area (Å²) < 4.78 is 19.6. The minimum absolute atomic E-state index is 0.143. The van der Waals surface area contributed by atoms with Gasteiger partial charge in [-0.1, -0.05) is 123 Å². The second-order valence-corrected chi connectivity index (χ2v) is 15.2. The van der Waals surface area contributed by atoms with Crippen molar-refractivity contribution in [3.8, 4) is 22.3 Å². The van der Waals surface area contributed by atoms with Gasteiger partial charge in [0.25, 0.3) is 0 Å². The van der Waals surface area contributed by atoms with Crippen molar-refractivity contribution in [3.05, 3.63) is 175 Å². The zero-order chi connectivity index (χ0) is 36.4. The van der Waals surface area contributed by atoms with Gasteiger partial charge in [0.2, 0.25) is 0 Å². The fourth-order valence-electron chi connectivity index (χ4n) is 9.47. The summed E-state index contributed by atoms with van der Waals surface area (Å²) in [6.45, 7) is 4.67. The van der Waals surface area contributed by atoms with E-state index in [4.69, 9.17) is 13.3 Å². The molecular weight excluding hydrogens is 675 g/mol. The van der Waals surface area contributed by atoms with Gasteiger partial charge >= 0.3 is 0 Å². The van der Waals surface area contributed by atoms with E-state index >= 15 is 0 Å². The smallest absolute Gasteiger partial charge is 0.143 e. The summed E-state index contributed by atoms with van der Waals surface area (Å²) in [7, 11) is 0. The van der Waals surface area contributed by atoms with Crippen LogP contribution in [0.1, 0.15) is 25.0 Å². The SMILES string of the molecule is CC1(C)c2ccccc2-c2ccc3oc4c(-c5ccc(N(c6cccc7oc8ccccc8c67)c6cccc7oc8ccccc8c67)cc5)cccc4c3c21. The first-order chi connectivity index (χ1) is 27.0. The normalized spacial score (nSPS) is 13.4. The molecule has 0 radical (unpaired) electrons. The molecule has 0 spiro atoms. The van der Waals surface area contributed by atoms with Crippen LogP contribution in [0.4, 0.5) is 17.1 Å². The molecule has 0 N–H and O–H groups in total. The summed E-state index contributed by atoms with van der Waals surface area (Å²) in [6.07, 6.45) is 0. The summed E-state index contributed by atoms with van der Waals surface area (Å²) >= 11 is 0. The molecule has 12 rings (SSSR count). The molecule has 11 aromatic rings. The Kier molecular flexibility index (Phi) is 6.09. The van der Waals surface area contributed by atoms with Crippen LogP contribution in [-0.4, -0.2) is 0 Å². The van der Waals surface area contributed by atoms with Gasteiger partial charge in [-0.15, -0.1) is 0 Å². The Balaban J connectivity index is 1.06. The van der Waals surface area contributed by atoms with Gasteiger partial charge in [-0.05, 0) is 82.4 Å². The lowest BCUT2D eigenvalue weighted by atomic mass is 9.80. The van der Waals surface area contributed by atoms with Crippen LogP contribution in [0.25, 0.3) is 88.1 Å². The Morgan fingerprint density at radius 2 is 0.945 bits per heavy atom. The maximum atomic E-state index is 6.80. The van der Waals surface area contributed by atoms with Crippen LogP contribution in [0.15, 0.2) is 177 Å². The number of para-hydroxylation sites is 3. The standard InChI is InChI=1S/C51H33NO3/c1-51(2)38-17-6-3-12-33(38)34-28-29-45-48(49(34)51)37-16-9-15-32(50(37)55-45)30-24-26-31(27-25-30)52(39-18-10-22-43-46(39)35-13-4-7-20-41(35)53-43)40-19-11-23-44-47(40)36-14-5-8-21-42(36)54-44/h3-29H,1-2H3. The van der Waals surface area contributed by atoms with Gasteiger partial charge in [-0.2, -0.15) is 0 Å². The highest BCUT2D eigenvalue weighted by Gasteiger charge is 2.38. The van der Waals surface area contributed by atoms with Crippen LogP contribution in [-0.2, 0) is 5.41 Å². The summed E-state index contributed by atoms with van der Waals surface area (Å²) in [5.41, 5.74) is 15.7. The third-order valence-electron chi connectivity index (χ3n) is 11.9.